The summed E-state index contributed by atoms with van der Waals surface area (Å²) in [6.07, 6.45) is 1.36. The Balaban J connectivity index is 2.22. The average Bonchev–Trinajstić information content (AvgIpc) is 2.73. The molecule has 2 aromatic rings. The van der Waals surface area contributed by atoms with Crippen molar-refractivity contribution in [3.05, 3.63) is 29.6 Å². The zero-order valence-electron chi connectivity index (χ0n) is 13.6. The van der Waals surface area contributed by atoms with E-state index in [4.69, 9.17) is 0 Å². The Morgan fingerprint density at radius 3 is 2.67 bits per heavy atom. The lowest BCUT2D eigenvalue weighted by Crippen LogP contribution is -2.33. The van der Waals surface area contributed by atoms with Crippen LogP contribution in [0.5, 0.6) is 0 Å². The molecule has 0 aliphatic rings. The van der Waals surface area contributed by atoms with Crippen molar-refractivity contribution >= 4 is 16.9 Å². The molecule has 0 aliphatic carbocycles. The molecule has 1 N–H and O–H groups in total. The molecule has 0 bridgehead atoms. The van der Waals surface area contributed by atoms with E-state index in [-0.39, 0.29) is 11.9 Å². The number of aryl methyl sites for hydroxylation is 1. The van der Waals surface area contributed by atoms with Gasteiger partial charge in [0.15, 0.2) is 0 Å². The molecule has 1 unspecified atom stereocenters. The highest BCUT2D eigenvalue weighted by Gasteiger charge is 2.12. The summed E-state index contributed by atoms with van der Waals surface area (Å²) in [6.45, 7) is 10.4. The summed E-state index contributed by atoms with van der Waals surface area (Å²) in [7, 11) is 0. The van der Waals surface area contributed by atoms with E-state index in [1.807, 2.05) is 26.0 Å². The predicted molar refractivity (Wildman–Crippen MR) is 86.5 cm³/mol. The molecule has 0 saturated heterocycles. The van der Waals surface area contributed by atoms with E-state index < -0.39 is 0 Å². The lowest BCUT2D eigenvalue weighted by Gasteiger charge is -2.12. The lowest BCUT2D eigenvalue weighted by molar-refractivity contribution is -0.121. The fourth-order valence-electron chi connectivity index (χ4n) is 2.64. The van der Waals surface area contributed by atoms with Crippen LogP contribution in [0.1, 0.15) is 51.5 Å². The average molecular weight is 287 g/mol. The first-order valence-corrected chi connectivity index (χ1v) is 7.69. The van der Waals surface area contributed by atoms with Crippen molar-refractivity contribution < 1.29 is 4.79 Å². The Morgan fingerprint density at radius 1 is 1.33 bits per heavy atom. The van der Waals surface area contributed by atoms with Crippen LogP contribution in [-0.4, -0.2) is 21.5 Å². The summed E-state index contributed by atoms with van der Waals surface area (Å²) in [6, 6.07) is 6.73. The maximum atomic E-state index is 12.0. The zero-order chi connectivity index (χ0) is 15.6. The number of hydrogen-bond acceptors (Lipinski definition) is 2. The number of carbonyl (C=O) groups excluding carboxylic acids is 1. The first kappa shape index (κ1) is 15.5. The van der Waals surface area contributed by atoms with Crippen molar-refractivity contribution in [2.75, 3.05) is 0 Å². The number of rotatable bonds is 5. The minimum atomic E-state index is 0.0729. The lowest BCUT2D eigenvalue weighted by atomic mass is 10.1. The molecule has 1 amide bonds. The number of amides is 1. The van der Waals surface area contributed by atoms with Crippen molar-refractivity contribution in [2.24, 2.45) is 0 Å². The van der Waals surface area contributed by atoms with E-state index in [0.717, 1.165) is 28.8 Å². The van der Waals surface area contributed by atoms with Gasteiger partial charge in [-0.1, -0.05) is 13.0 Å². The summed E-state index contributed by atoms with van der Waals surface area (Å²) >= 11 is 0. The molecule has 2 rings (SSSR count). The van der Waals surface area contributed by atoms with Crippen LogP contribution in [0, 0.1) is 6.92 Å². The van der Waals surface area contributed by atoms with E-state index in [1.165, 1.54) is 0 Å². The minimum absolute atomic E-state index is 0.0729. The third-order valence-corrected chi connectivity index (χ3v) is 3.83. The largest absolute Gasteiger partial charge is 0.353 e. The molecule has 0 aliphatic heterocycles. The first-order chi connectivity index (χ1) is 9.92. The van der Waals surface area contributed by atoms with Gasteiger partial charge in [0.05, 0.1) is 17.5 Å². The van der Waals surface area contributed by atoms with Gasteiger partial charge in [-0.25, -0.2) is 4.98 Å². The van der Waals surface area contributed by atoms with Gasteiger partial charge in [0.2, 0.25) is 5.91 Å². The Labute approximate surface area is 126 Å². The fraction of sp³-hybridized carbons (Fsp3) is 0.529. The predicted octanol–water partition coefficient (Wildman–Crippen LogP) is 3.38. The zero-order valence-corrected chi connectivity index (χ0v) is 13.6. The molecule has 114 valence electrons. The summed E-state index contributed by atoms with van der Waals surface area (Å²) in [5.41, 5.74) is 3.11. The van der Waals surface area contributed by atoms with Gasteiger partial charge in [0, 0.05) is 12.1 Å². The molecule has 1 aromatic carbocycles. The SMILES string of the molecule is CCC(C)NC(=O)Cc1ccc2c(c1)nc(C)n2C(C)C. The van der Waals surface area contributed by atoms with Crippen molar-refractivity contribution in [1.29, 1.82) is 0 Å². The summed E-state index contributed by atoms with van der Waals surface area (Å²) in [4.78, 5) is 16.6. The summed E-state index contributed by atoms with van der Waals surface area (Å²) in [5, 5.41) is 3.00. The number of nitrogens with one attached hydrogen (secondary N) is 1. The molecule has 0 saturated carbocycles. The van der Waals surface area contributed by atoms with Crippen molar-refractivity contribution in [3.8, 4) is 0 Å². The van der Waals surface area contributed by atoms with Crippen molar-refractivity contribution in [1.82, 2.24) is 14.9 Å². The molecule has 1 atom stereocenters. The van der Waals surface area contributed by atoms with Crippen LogP contribution in [0.25, 0.3) is 11.0 Å². The van der Waals surface area contributed by atoms with E-state index in [9.17, 15) is 4.79 Å². The number of carbonyl (C=O) groups is 1. The van der Waals surface area contributed by atoms with Crippen LogP contribution in [-0.2, 0) is 11.2 Å². The third-order valence-electron chi connectivity index (χ3n) is 3.83. The van der Waals surface area contributed by atoms with Crippen LogP contribution in [0.2, 0.25) is 0 Å². The Hall–Kier alpha value is -1.84. The standard InChI is InChI=1S/C17H25N3O/c1-6-12(4)18-17(21)10-14-7-8-16-15(9-14)19-13(5)20(16)11(2)3/h7-9,11-12H,6,10H2,1-5H3,(H,18,21). The van der Waals surface area contributed by atoms with Gasteiger partial charge in [-0.3, -0.25) is 4.79 Å². The van der Waals surface area contributed by atoms with Gasteiger partial charge in [-0.2, -0.15) is 0 Å². The molecule has 0 radical (unpaired) electrons. The van der Waals surface area contributed by atoms with E-state index in [2.05, 4.69) is 41.7 Å². The van der Waals surface area contributed by atoms with E-state index in [1.54, 1.807) is 0 Å². The van der Waals surface area contributed by atoms with Gasteiger partial charge in [0.1, 0.15) is 5.82 Å². The second-order valence-corrected chi connectivity index (χ2v) is 6.00. The number of benzene rings is 1. The maximum Gasteiger partial charge on any atom is 0.224 e. The van der Waals surface area contributed by atoms with Crippen molar-refractivity contribution in [3.63, 3.8) is 0 Å². The van der Waals surface area contributed by atoms with Gasteiger partial charge >= 0.3 is 0 Å². The van der Waals surface area contributed by atoms with Gasteiger partial charge in [0.25, 0.3) is 0 Å². The monoisotopic (exact) mass is 287 g/mol. The maximum absolute atomic E-state index is 12.0. The fourth-order valence-corrected chi connectivity index (χ4v) is 2.64. The van der Waals surface area contributed by atoms with E-state index in [0.29, 0.717) is 12.5 Å². The minimum Gasteiger partial charge on any atom is -0.353 e. The smallest absolute Gasteiger partial charge is 0.224 e. The summed E-state index contributed by atoms with van der Waals surface area (Å²) < 4.78 is 2.22. The Morgan fingerprint density at radius 2 is 2.05 bits per heavy atom. The number of hydrogen-bond donors (Lipinski definition) is 1. The molecule has 4 heteroatoms. The molecule has 0 spiro atoms. The second kappa shape index (κ2) is 6.29. The van der Waals surface area contributed by atoms with Gasteiger partial charge in [-0.05, 0) is 51.8 Å². The normalized spacial score (nSPS) is 12.9. The number of imidazole rings is 1. The summed E-state index contributed by atoms with van der Waals surface area (Å²) in [5.74, 6) is 1.09. The van der Waals surface area contributed by atoms with Crippen LogP contribution in [0.4, 0.5) is 0 Å². The number of fused-ring (bicyclic) bond motifs is 1. The molecule has 1 heterocycles. The highest BCUT2D eigenvalue weighted by Crippen LogP contribution is 2.22. The molecular formula is C17H25N3O. The van der Waals surface area contributed by atoms with Crippen molar-refractivity contribution in [2.45, 2.75) is 59.5 Å². The molecule has 0 fully saturated rings. The van der Waals surface area contributed by atoms with Gasteiger partial charge in [-0.15, -0.1) is 0 Å². The molecule has 1 aromatic heterocycles. The van der Waals surface area contributed by atoms with Crippen LogP contribution in [0.15, 0.2) is 18.2 Å². The topological polar surface area (TPSA) is 46.9 Å². The highest BCUT2D eigenvalue weighted by atomic mass is 16.1. The number of aromatic nitrogens is 2. The molecule has 21 heavy (non-hydrogen) atoms. The number of nitrogens with zero attached hydrogens (tertiary/aromatic N) is 2. The van der Waals surface area contributed by atoms with Crippen LogP contribution < -0.4 is 5.32 Å². The quantitative estimate of drug-likeness (QED) is 0.916. The third kappa shape index (κ3) is 3.43. The van der Waals surface area contributed by atoms with Crippen LogP contribution in [0.3, 0.4) is 0 Å². The second-order valence-electron chi connectivity index (χ2n) is 6.00. The molecular weight excluding hydrogens is 262 g/mol. The van der Waals surface area contributed by atoms with Crippen LogP contribution >= 0.6 is 0 Å². The van der Waals surface area contributed by atoms with Gasteiger partial charge < -0.3 is 9.88 Å². The highest BCUT2D eigenvalue weighted by molar-refractivity contribution is 5.82. The Bertz CT molecular complexity index is 643. The first-order valence-electron chi connectivity index (χ1n) is 7.69. The van der Waals surface area contributed by atoms with E-state index >= 15 is 0 Å². The molecule has 4 nitrogen and oxygen atoms in total. The Kier molecular flexibility index (Phi) is 4.66.